The Bertz CT molecular complexity index is 1500. The van der Waals surface area contributed by atoms with Crippen molar-refractivity contribution in [3.05, 3.63) is 105 Å². The van der Waals surface area contributed by atoms with E-state index in [0.717, 1.165) is 66.8 Å². The number of carbonyl (C=O) groups is 1. The van der Waals surface area contributed by atoms with Gasteiger partial charge in [0, 0.05) is 37.0 Å². The fourth-order valence-electron chi connectivity index (χ4n) is 6.30. The molecule has 0 radical (unpaired) electrons. The highest BCUT2D eigenvalue weighted by atomic mass is 35.5. The second-order valence-corrected chi connectivity index (χ2v) is 12.0. The molecule has 2 aliphatic carbocycles. The molecule has 0 spiro atoms. The average molecular weight is 577 g/mol. The summed E-state index contributed by atoms with van der Waals surface area (Å²) < 4.78 is 33.2. The van der Waals surface area contributed by atoms with Gasteiger partial charge in [0.15, 0.2) is 11.6 Å². The van der Waals surface area contributed by atoms with Gasteiger partial charge in [0.2, 0.25) is 0 Å². The number of halogens is 3. The van der Waals surface area contributed by atoms with Crippen LogP contribution >= 0.6 is 11.6 Å². The van der Waals surface area contributed by atoms with Crippen molar-refractivity contribution < 1.29 is 18.3 Å². The van der Waals surface area contributed by atoms with E-state index in [-0.39, 0.29) is 29.2 Å². The number of rotatable bonds is 9. The van der Waals surface area contributed by atoms with E-state index in [1.54, 1.807) is 0 Å². The number of hydrogen-bond donors (Lipinski definition) is 1. The Morgan fingerprint density at radius 2 is 1.78 bits per heavy atom. The molecule has 1 aliphatic heterocycles. The van der Waals surface area contributed by atoms with Crippen LogP contribution in [0.1, 0.15) is 47.1 Å². The summed E-state index contributed by atoms with van der Waals surface area (Å²) in [6, 6.07) is 16.9. The number of nitrogens with zero attached hydrogens (tertiary/aromatic N) is 1. The molecule has 6 rings (SSSR count). The van der Waals surface area contributed by atoms with Crippen LogP contribution in [0.2, 0.25) is 5.02 Å². The van der Waals surface area contributed by atoms with E-state index >= 15 is 0 Å². The van der Waals surface area contributed by atoms with Crippen molar-refractivity contribution in [3.8, 4) is 5.75 Å². The van der Waals surface area contributed by atoms with Crippen LogP contribution < -0.4 is 10.1 Å². The number of aryl methyl sites for hydroxylation is 1. The van der Waals surface area contributed by atoms with Gasteiger partial charge in [-0.05, 0) is 91.1 Å². The molecule has 0 aromatic heterocycles. The molecular weight excluding hydrogens is 542 g/mol. The maximum absolute atomic E-state index is 14.3. The van der Waals surface area contributed by atoms with E-state index in [9.17, 15) is 13.6 Å². The van der Waals surface area contributed by atoms with Crippen molar-refractivity contribution in [1.82, 2.24) is 10.2 Å². The van der Waals surface area contributed by atoms with E-state index in [2.05, 4.69) is 54.4 Å². The first-order valence-corrected chi connectivity index (χ1v) is 14.8. The molecule has 1 saturated carbocycles. The summed E-state index contributed by atoms with van der Waals surface area (Å²) in [5, 5.41) is 3.17. The van der Waals surface area contributed by atoms with Gasteiger partial charge in [0.25, 0.3) is 5.91 Å². The zero-order chi connectivity index (χ0) is 28.7. The molecule has 3 aromatic carbocycles. The molecule has 0 unspecified atom stereocenters. The Morgan fingerprint density at radius 1 is 1.02 bits per heavy atom. The van der Waals surface area contributed by atoms with Crippen LogP contribution in [0.25, 0.3) is 5.57 Å². The summed E-state index contributed by atoms with van der Waals surface area (Å²) in [5.41, 5.74) is 7.95. The molecule has 1 saturated heterocycles. The highest BCUT2D eigenvalue weighted by molar-refractivity contribution is 6.32. The average Bonchev–Trinajstić information content (AvgIpc) is 3.60. The summed E-state index contributed by atoms with van der Waals surface area (Å²) in [7, 11) is 0. The Morgan fingerprint density at radius 3 is 2.54 bits per heavy atom. The van der Waals surface area contributed by atoms with Gasteiger partial charge < -0.3 is 15.0 Å². The molecule has 1 heterocycles. The molecule has 3 aromatic rings. The molecule has 0 bridgehead atoms. The van der Waals surface area contributed by atoms with Crippen LogP contribution in [0.15, 0.2) is 60.2 Å². The third kappa shape index (κ3) is 5.64. The van der Waals surface area contributed by atoms with E-state index in [0.29, 0.717) is 24.9 Å². The topological polar surface area (TPSA) is 41.6 Å². The van der Waals surface area contributed by atoms with Crippen LogP contribution in [-0.2, 0) is 17.8 Å². The number of ether oxygens (including phenoxy) is 1. The van der Waals surface area contributed by atoms with Gasteiger partial charge in [-0.2, -0.15) is 0 Å². The lowest BCUT2D eigenvalue weighted by Gasteiger charge is -2.27. The van der Waals surface area contributed by atoms with Crippen LogP contribution in [-0.4, -0.2) is 36.5 Å². The Balaban J connectivity index is 1.22. The summed E-state index contributed by atoms with van der Waals surface area (Å²) in [4.78, 5) is 16.5. The van der Waals surface area contributed by atoms with Gasteiger partial charge in [0.1, 0.15) is 10.8 Å². The SMILES string of the molecule is Cc1cccc(CN(C(=O)C2=C(c3ccc(CCOc4c(F)ccc(F)c4Cl)cc3)C[C@H]3CNC[C@@H]23)C2CC2)c1C. The normalized spacial score (nSPS) is 19.9. The van der Waals surface area contributed by atoms with Gasteiger partial charge >= 0.3 is 0 Å². The lowest BCUT2D eigenvalue weighted by atomic mass is 9.93. The highest BCUT2D eigenvalue weighted by Crippen LogP contribution is 2.46. The highest BCUT2D eigenvalue weighted by Gasteiger charge is 2.44. The van der Waals surface area contributed by atoms with E-state index in [4.69, 9.17) is 16.3 Å². The molecule has 2 fully saturated rings. The number of amides is 1. The van der Waals surface area contributed by atoms with Crippen LogP contribution in [0.5, 0.6) is 5.75 Å². The van der Waals surface area contributed by atoms with E-state index in [1.807, 2.05) is 12.1 Å². The third-order valence-corrected chi connectivity index (χ3v) is 9.33. The van der Waals surface area contributed by atoms with Gasteiger partial charge in [0.05, 0.1) is 6.61 Å². The lowest BCUT2D eigenvalue weighted by molar-refractivity contribution is -0.128. The number of hydrogen-bond acceptors (Lipinski definition) is 3. The standard InChI is InChI=1S/C34H35ClF2N2O2/c1-20-4-3-5-24(21(20)2)19-39(26-10-11-26)34(40)31-27(16-25-17-38-18-28(25)31)23-8-6-22(7-9-23)14-15-41-33-30(37)13-12-29(36)32(33)35/h3-9,12-13,25-26,28,38H,10-11,14-19H2,1-2H3/t25-,28+/m0/s1. The van der Waals surface area contributed by atoms with Crippen molar-refractivity contribution in [2.24, 2.45) is 11.8 Å². The van der Waals surface area contributed by atoms with Crippen LogP contribution in [0.3, 0.4) is 0 Å². The maximum Gasteiger partial charge on any atom is 0.250 e. The second kappa shape index (κ2) is 11.6. The molecule has 2 atom stereocenters. The molecule has 1 amide bonds. The first kappa shape index (κ1) is 27.9. The van der Waals surface area contributed by atoms with Gasteiger partial charge in [-0.25, -0.2) is 8.78 Å². The fraction of sp³-hybridized carbons (Fsp3) is 0.382. The minimum Gasteiger partial charge on any atom is -0.488 e. The largest absolute Gasteiger partial charge is 0.488 e. The van der Waals surface area contributed by atoms with Crippen molar-refractivity contribution in [2.45, 2.75) is 52.1 Å². The van der Waals surface area contributed by atoms with Crippen molar-refractivity contribution in [1.29, 1.82) is 0 Å². The number of fused-ring (bicyclic) bond motifs is 1. The zero-order valence-corrected chi connectivity index (χ0v) is 24.2. The first-order chi connectivity index (χ1) is 19.8. The fourth-order valence-corrected chi connectivity index (χ4v) is 6.51. The number of carbonyl (C=O) groups excluding carboxylic acids is 1. The summed E-state index contributed by atoms with van der Waals surface area (Å²) in [6.45, 7) is 6.85. The van der Waals surface area contributed by atoms with Gasteiger partial charge in [-0.1, -0.05) is 54.1 Å². The van der Waals surface area contributed by atoms with Crippen LogP contribution in [0.4, 0.5) is 8.78 Å². The lowest BCUT2D eigenvalue weighted by Crippen LogP contribution is -2.36. The summed E-state index contributed by atoms with van der Waals surface area (Å²) in [6.07, 6.45) is 3.53. The predicted octanol–water partition coefficient (Wildman–Crippen LogP) is 7.04. The van der Waals surface area contributed by atoms with Gasteiger partial charge in [-0.15, -0.1) is 0 Å². The molecule has 1 N–H and O–H groups in total. The second-order valence-electron chi connectivity index (χ2n) is 11.6. The minimum atomic E-state index is -0.711. The minimum absolute atomic E-state index is 0.163. The number of allylic oxidation sites excluding steroid dienone is 1. The third-order valence-electron chi connectivity index (χ3n) is 8.98. The molecule has 41 heavy (non-hydrogen) atoms. The van der Waals surface area contributed by atoms with Crippen molar-refractivity contribution in [2.75, 3.05) is 19.7 Å². The Hall–Kier alpha value is -3.22. The molecule has 3 aliphatic rings. The van der Waals surface area contributed by atoms with Crippen LogP contribution in [0, 0.1) is 37.3 Å². The van der Waals surface area contributed by atoms with Gasteiger partial charge in [-0.3, -0.25) is 4.79 Å². The Kier molecular flexibility index (Phi) is 7.88. The molecule has 214 valence electrons. The Labute approximate surface area is 245 Å². The molecule has 4 nitrogen and oxygen atoms in total. The number of benzene rings is 3. The quantitative estimate of drug-likeness (QED) is 0.278. The molecule has 7 heteroatoms. The van der Waals surface area contributed by atoms with E-state index < -0.39 is 11.6 Å². The maximum atomic E-state index is 14.3. The smallest absolute Gasteiger partial charge is 0.250 e. The van der Waals surface area contributed by atoms with E-state index in [1.165, 1.54) is 16.7 Å². The number of nitrogens with one attached hydrogen (secondary N) is 1. The monoisotopic (exact) mass is 576 g/mol. The first-order valence-electron chi connectivity index (χ1n) is 14.5. The predicted molar refractivity (Wildman–Crippen MR) is 158 cm³/mol. The van der Waals surface area contributed by atoms with Crippen molar-refractivity contribution in [3.63, 3.8) is 0 Å². The van der Waals surface area contributed by atoms with Crippen molar-refractivity contribution >= 4 is 23.1 Å². The summed E-state index contributed by atoms with van der Waals surface area (Å²) in [5.74, 6) is -0.803. The molecular formula is C34H35ClF2N2O2. The zero-order valence-electron chi connectivity index (χ0n) is 23.5. The summed E-state index contributed by atoms with van der Waals surface area (Å²) >= 11 is 5.88.